The molecule has 1 aliphatic rings. The van der Waals surface area contributed by atoms with Crippen LogP contribution in [0.15, 0.2) is 12.1 Å². The topological polar surface area (TPSA) is 59.6 Å². The molecule has 1 amide bonds. The van der Waals surface area contributed by atoms with Gasteiger partial charge >= 0.3 is 0 Å². The quantitative estimate of drug-likeness (QED) is 0.722. The molecule has 116 valence electrons. The largest absolute Gasteiger partial charge is 0.493 e. The smallest absolute Gasteiger partial charge is 0.221 e. The first kappa shape index (κ1) is 15.9. The standard InChI is InChI=1S/C15H21ClN2O3/c1-20-13-8-10(7-12(16)15(13)21-2)9-17-6-5-14(19)18-11-3-4-11/h7-8,11,17H,3-6,9H2,1-2H3,(H,18,19). The van der Waals surface area contributed by atoms with Crippen molar-refractivity contribution in [3.8, 4) is 11.5 Å². The van der Waals surface area contributed by atoms with Crippen LogP contribution in [0.2, 0.25) is 5.02 Å². The van der Waals surface area contributed by atoms with E-state index in [1.165, 1.54) is 0 Å². The molecule has 0 radical (unpaired) electrons. The number of ether oxygens (including phenoxy) is 2. The van der Waals surface area contributed by atoms with Crippen molar-refractivity contribution in [3.63, 3.8) is 0 Å². The van der Waals surface area contributed by atoms with Crippen LogP contribution in [0.3, 0.4) is 0 Å². The molecule has 2 N–H and O–H groups in total. The second-order valence-corrected chi connectivity index (χ2v) is 5.49. The lowest BCUT2D eigenvalue weighted by Gasteiger charge is -2.12. The predicted octanol–water partition coefficient (Wildman–Crippen LogP) is 2.12. The number of hydrogen-bond acceptors (Lipinski definition) is 4. The van der Waals surface area contributed by atoms with Crippen molar-refractivity contribution in [2.45, 2.75) is 31.8 Å². The summed E-state index contributed by atoms with van der Waals surface area (Å²) in [4.78, 5) is 11.5. The van der Waals surface area contributed by atoms with Gasteiger partial charge in [-0.05, 0) is 30.5 Å². The fourth-order valence-corrected chi connectivity index (χ4v) is 2.35. The van der Waals surface area contributed by atoms with Crippen LogP contribution in [-0.4, -0.2) is 32.7 Å². The lowest BCUT2D eigenvalue weighted by atomic mass is 10.2. The van der Waals surface area contributed by atoms with Crippen molar-refractivity contribution in [1.82, 2.24) is 10.6 Å². The van der Waals surface area contributed by atoms with E-state index in [1.807, 2.05) is 12.1 Å². The molecule has 5 nitrogen and oxygen atoms in total. The van der Waals surface area contributed by atoms with Gasteiger partial charge in [0.15, 0.2) is 11.5 Å². The number of hydrogen-bond donors (Lipinski definition) is 2. The Morgan fingerprint density at radius 3 is 2.71 bits per heavy atom. The maximum Gasteiger partial charge on any atom is 0.221 e. The molecule has 0 saturated heterocycles. The Labute approximate surface area is 130 Å². The van der Waals surface area contributed by atoms with Crippen molar-refractivity contribution in [1.29, 1.82) is 0 Å². The highest BCUT2D eigenvalue weighted by Gasteiger charge is 2.22. The summed E-state index contributed by atoms with van der Waals surface area (Å²) in [6.07, 6.45) is 2.71. The van der Waals surface area contributed by atoms with Gasteiger partial charge in [-0.3, -0.25) is 4.79 Å². The minimum atomic E-state index is 0.107. The average molecular weight is 313 g/mol. The summed E-state index contributed by atoms with van der Waals surface area (Å²) >= 11 is 6.14. The van der Waals surface area contributed by atoms with Crippen molar-refractivity contribution in [2.75, 3.05) is 20.8 Å². The molecular formula is C15H21ClN2O3. The Hall–Kier alpha value is -1.46. The maximum absolute atomic E-state index is 11.5. The van der Waals surface area contributed by atoms with E-state index in [-0.39, 0.29) is 5.91 Å². The zero-order valence-corrected chi connectivity index (χ0v) is 13.1. The van der Waals surface area contributed by atoms with Crippen LogP contribution in [0.5, 0.6) is 11.5 Å². The first-order valence-corrected chi connectivity index (χ1v) is 7.42. The second kappa shape index (κ2) is 7.52. The number of carbonyl (C=O) groups is 1. The average Bonchev–Trinajstić information content (AvgIpc) is 3.26. The lowest BCUT2D eigenvalue weighted by molar-refractivity contribution is -0.121. The van der Waals surface area contributed by atoms with E-state index in [4.69, 9.17) is 21.1 Å². The molecule has 1 fully saturated rings. The van der Waals surface area contributed by atoms with Gasteiger partial charge in [-0.2, -0.15) is 0 Å². The van der Waals surface area contributed by atoms with Crippen molar-refractivity contribution < 1.29 is 14.3 Å². The molecule has 0 spiro atoms. The van der Waals surface area contributed by atoms with Crippen molar-refractivity contribution in [2.24, 2.45) is 0 Å². The number of carbonyl (C=O) groups excluding carboxylic acids is 1. The number of amides is 1. The molecule has 0 unspecified atom stereocenters. The van der Waals surface area contributed by atoms with Gasteiger partial charge in [0, 0.05) is 25.6 Å². The van der Waals surface area contributed by atoms with Crippen LogP contribution in [-0.2, 0) is 11.3 Å². The van der Waals surface area contributed by atoms with Crippen LogP contribution < -0.4 is 20.1 Å². The van der Waals surface area contributed by atoms with Crippen LogP contribution in [0.4, 0.5) is 0 Å². The molecule has 0 heterocycles. The summed E-state index contributed by atoms with van der Waals surface area (Å²) in [7, 11) is 3.13. The van der Waals surface area contributed by atoms with E-state index in [0.717, 1.165) is 18.4 Å². The number of halogens is 1. The van der Waals surface area contributed by atoms with E-state index < -0.39 is 0 Å². The van der Waals surface area contributed by atoms with E-state index >= 15 is 0 Å². The highest BCUT2D eigenvalue weighted by atomic mass is 35.5. The molecular weight excluding hydrogens is 292 g/mol. The fourth-order valence-electron chi connectivity index (χ4n) is 2.04. The zero-order valence-electron chi connectivity index (χ0n) is 12.4. The number of methoxy groups -OCH3 is 2. The molecule has 0 aromatic heterocycles. The molecule has 0 aliphatic heterocycles. The van der Waals surface area contributed by atoms with Gasteiger partial charge < -0.3 is 20.1 Å². The summed E-state index contributed by atoms with van der Waals surface area (Å²) in [6, 6.07) is 4.13. The highest BCUT2D eigenvalue weighted by molar-refractivity contribution is 6.32. The Morgan fingerprint density at radius 2 is 2.10 bits per heavy atom. The van der Waals surface area contributed by atoms with E-state index in [0.29, 0.717) is 42.1 Å². The number of benzene rings is 1. The van der Waals surface area contributed by atoms with Gasteiger partial charge in [0.1, 0.15) is 0 Å². The first-order chi connectivity index (χ1) is 10.1. The summed E-state index contributed by atoms with van der Waals surface area (Å²) < 4.78 is 10.4. The van der Waals surface area contributed by atoms with E-state index in [1.54, 1.807) is 14.2 Å². The second-order valence-electron chi connectivity index (χ2n) is 5.08. The third-order valence-electron chi connectivity index (χ3n) is 3.29. The van der Waals surface area contributed by atoms with Crippen LogP contribution in [0, 0.1) is 0 Å². The summed E-state index contributed by atoms with van der Waals surface area (Å²) in [6.45, 7) is 1.25. The molecule has 1 aromatic rings. The number of rotatable bonds is 8. The van der Waals surface area contributed by atoms with Gasteiger partial charge in [0.2, 0.25) is 5.91 Å². The highest BCUT2D eigenvalue weighted by Crippen LogP contribution is 2.35. The summed E-state index contributed by atoms with van der Waals surface area (Å²) in [5, 5.41) is 6.70. The zero-order chi connectivity index (χ0) is 15.2. The van der Waals surface area contributed by atoms with Crippen molar-refractivity contribution >= 4 is 17.5 Å². The normalized spacial score (nSPS) is 13.9. The van der Waals surface area contributed by atoms with Crippen molar-refractivity contribution in [3.05, 3.63) is 22.7 Å². The molecule has 0 atom stereocenters. The van der Waals surface area contributed by atoms with Gasteiger partial charge in [0.25, 0.3) is 0 Å². The minimum absolute atomic E-state index is 0.107. The SMILES string of the molecule is COc1cc(CNCCC(=O)NC2CC2)cc(Cl)c1OC. The van der Waals surface area contributed by atoms with Crippen LogP contribution >= 0.6 is 11.6 Å². The Morgan fingerprint density at radius 1 is 1.33 bits per heavy atom. The molecule has 0 bridgehead atoms. The fraction of sp³-hybridized carbons (Fsp3) is 0.533. The molecule has 1 aromatic carbocycles. The van der Waals surface area contributed by atoms with Crippen LogP contribution in [0.1, 0.15) is 24.8 Å². The van der Waals surface area contributed by atoms with Gasteiger partial charge in [-0.15, -0.1) is 0 Å². The third kappa shape index (κ3) is 4.79. The van der Waals surface area contributed by atoms with Crippen LogP contribution in [0.25, 0.3) is 0 Å². The molecule has 1 aliphatic carbocycles. The lowest BCUT2D eigenvalue weighted by Crippen LogP contribution is -2.29. The van der Waals surface area contributed by atoms with E-state index in [9.17, 15) is 4.79 Å². The summed E-state index contributed by atoms with van der Waals surface area (Å²) in [5.41, 5.74) is 0.986. The molecule has 21 heavy (non-hydrogen) atoms. The molecule has 2 rings (SSSR count). The minimum Gasteiger partial charge on any atom is -0.493 e. The van der Waals surface area contributed by atoms with E-state index in [2.05, 4.69) is 10.6 Å². The predicted molar refractivity (Wildman–Crippen MR) is 82.0 cm³/mol. The third-order valence-corrected chi connectivity index (χ3v) is 3.57. The Bertz CT molecular complexity index is 504. The number of nitrogens with one attached hydrogen (secondary N) is 2. The van der Waals surface area contributed by atoms with Gasteiger partial charge in [-0.1, -0.05) is 11.6 Å². The van der Waals surface area contributed by atoms with Gasteiger partial charge in [0.05, 0.1) is 19.2 Å². The Kier molecular flexibility index (Phi) is 5.70. The maximum atomic E-state index is 11.5. The monoisotopic (exact) mass is 312 g/mol. The van der Waals surface area contributed by atoms with Gasteiger partial charge in [-0.25, -0.2) is 0 Å². The Balaban J connectivity index is 1.79. The summed E-state index contributed by atoms with van der Waals surface area (Å²) in [5.74, 6) is 1.25. The molecule has 1 saturated carbocycles. The first-order valence-electron chi connectivity index (χ1n) is 7.04. The molecule has 6 heteroatoms.